The molecule has 3 rings (SSSR count). The Bertz CT molecular complexity index is 258. The van der Waals surface area contributed by atoms with Gasteiger partial charge in [-0.25, -0.2) is 0 Å². The maximum atomic E-state index is 3.80. The second kappa shape index (κ2) is 5.92. The molecule has 18 heavy (non-hydrogen) atoms. The van der Waals surface area contributed by atoms with Crippen molar-refractivity contribution in [3.8, 4) is 0 Å². The second-order valence-electron chi connectivity index (χ2n) is 6.95. The predicted molar refractivity (Wildman–Crippen MR) is 76.7 cm³/mol. The molecule has 3 aliphatic rings. The van der Waals surface area contributed by atoms with Gasteiger partial charge in [-0.05, 0) is 51.1 Å². The molecule has 0 aromatic heterocycles. The lowest BCUT2D eigenvalue weighted by Crippen LogP contribution is -2.43. The molecule has 1 aliphatic heterocycles. The first-order chi connectivity index (χ1) is 8.84. The first-order valence-corrected chi connectivity index (χ1v) is 8.28. The summed E-state index contributed by atoms with van der Waals surface area (Å²) in [5, 5.41) is 3.80. The Kier molecular flexibility index (Phi) is 4.25. The molecule has 1 saturated heterocycles. The Morgan fingerprint density at radius 1 is 0.944 bits per heavy atom. The molecule has 0 radical (unpaired) electrons. The zero-order chi connectivity index (χ0) is 12.4. The van der Waals surface area contributed by atoms with Crippen molar-refractivity contribution in [1.82, 2.24) is 10.2 Å². The van der Waals surface area contributed by atoms with E-state index in [9.17, 15) is 0 Å². The molecule has 1 N–H and O–H groups in total. The van der Waals surface area contributed by atoms with Crippen LogP contribution < -0.4 is 5.32 Å². The largest absolute Gasteiger partial charge is 0.312 e. The van der Waals surface area contributed by atoms with Crippen molar-refractivity contribution in [2.75, 3.05) is 20.1 Å². The van der Waals surface area contributed by atoms with Gasteiger partial charge < -0.3 is 10.2 Å². The van der Waals surface area contributed by atoms with E-state index in [0.29, 0.717) is 0 Å². The lowest BCUT2D eigenvalue weighted by molar-refractivity contribution is 0.188. The topological polar surface area (TPSA) is 15.3 Å². The average Bonchev–Trinajstić information content (AvgIpc) is 2.85. The van der Waals surface area contributed by atoms with Crippen molar-refractivity contribution in [3.63, 3.8) is 0 Å². The molecule has 1 heterocycles. The van der Waals surface area contributed by atoms with Gasteiger partial charge in [0.25, 0.3) is 0 Å². The number of nitrogens with one attached hydrogen (secondary N) is 1. The molecule has 2 aliphatic carbocycles. The Hall–Kier alpha value is -0.0800. The smallest absolute Gasteiger partial charge is 0.0226 e. The zero-order valence-corrected chi connectivity index (χ0v) is 12.0. The highest BCUT2D eigenvalue weighted by Gasteiger charge is 2.39. The third-order valence-electron chi connectivity index (χ3n) is 5.81. The highest BCUT2D eigenvalue weighted by molar-refractivity contribution is 4.95. The Morgan fingerprint density at radius 2 is 1.72 bits per heavy atom. The van der Waals surface area contributed by atoms with Gasteiger partial charge in [0.2, 0.25) is 0 Å². The first-order valence-electron chi connectivity index (χ1n) is 8.28. The third kappa shape index (κ3) is 2.75. The molecule has 0 bridgehead atoms. The summed E-state index contributed by atoms with van der Waals surface area (Å²) in [5.41, 5.74) is 0. The van der Waals surface area contributed by atoms with Gasteiger partial charge >= 0.3 is 0 Å². The van der Waals surface area contributed by atoms with Gasteiger partial charge in [-0.1, -0.05) is 32.1 Å². The Morgan fingerprint density at radius 3 is 2.50 bits per heavy atom. The van der Waals surface area contributed by atoms with Gasteiger partial charge in [-0.15, -0.1) is 0 Å². The monoisotopic (exact) mass is 250 g/mol. The molecule has 104 valence electrons. The van der Waals surface area contributed by atoms with Crippen LogP contribution in [-0.4, -0.2) is 37.1 Å². The molecular formula is C16H30N2. The molecular weight excluding hydrogens is 220 g/mol. The van der Waals surface area contributed by atoms with Crippen LogP contribution in [0.2, 0.25) is 0 Å². The summed E-state index contributed by atoms with van der Waals surface area (Å²) in [4.78, 5) is 2.68. The summed E-state index contributed by atoms with van der Waals surface area (Å²) in [6.45, 7) is 2.60. The molecule has 2 nitrogen and oxygen atoms in total. The fourth-order valence-corrected chi connectivity index (χ4v) is 4.66. The summed E-state index contributed by atoms with van der Waals surface area (Å²) < 4.78 is 0. The fourth-order valence-electron chi connectivity index (χ4n) is 4.66. The standard InChI is InChI=1S/C16H30N2/c1-18(14-8-4-2-3-5-9-14)12-16-15-10-6-7-13(15)11-17-16/h13-17H,2-12H2,1H3. The first kappa shape index (κ1) is 12.9. The van der Waals surface area contributed by atoms with Gasteiger partial charge in [-0.2, -0.15) is 0 Å². The molecule has 3 unspecified atom stereocenters. The van der Waals surface area contributed by atoms with E-state index < -0.39 is 0 Å². The summed E-state index contributed by atoms with van der Waals surface area (Å²) >= 11 is 0. The highest BCUT2D eigenvalue weighted by Crippen LogP contribution is 2.38. The minimum absolute atomic E-state index is 0.797. The SMILES string of the molecule is CN(CC1NCC2CCCC21)C1CCCCCC1. The van der Waals surface area contributed by atoms with E-state index in [4.69, 9.17) is 0 Å². The number of rotatable bonds is 3. The quantitative estimate of drug-likeness (QED) is 0.775. The van der Waals surface area contributed by atoms with Crippen LogP contribution in [0.25, 0.3) is 0 Å². The van der Waals surface area contributed by atoms with E-state index in [0.717, 1.165) is 23.9 Å². The van der Waals surface area contributed by atoms with Gasteiger partial charge in [0.05, 0.1) is 0 Å². The van der Waals surface area contributed by atoms with E-state index in [-0.39, 0.29) is 0 Å². The van der Waals surface area contributed by atoms with Crippen LogP contribution in [0, 0.1) is 11.8 Å². The molecule has 3 fully saturated rings. The van der Waals surface area contributed by atoms with Gasteiger partial charge in [0.15, 0.2) is 0 Å². The minimum atomic E-state index is 0.797. The van der Waals surface area contributed by atoms with Crippen molar-refractivity contribution < 1.29 is 0 Å². The number of fused-ring (bicyclic) bond motifs is 1. The zero-order valence-electron chi connectivity index (χ0n) is 12.0. The van der Waals surface area contributed by atoms with Crippen LogP contribution in [0.5, 0.6) is 0 Å². The normalized spacial score (nSPS) is 38.0. The van der Waals surface area contributed by atoms with E-state index >= 15 is 0 Å². The molecule has 3 atom stereocenters. The van der Waals surface area contributed by atoms with Gasteiger partial charge in [0.1, 0.15) is 0 Å². The van der Waals surface area contributed by atoms with Crippen LogP contribution in [0.15, 0.2) is 0 Å². The lowest BCUT2D eigenvalue weighted by Gasteiger charge is -2.31. The number of likely N-dealkylation sites (N-methyl/N-ethyl adjacent to an activating group) is 1. The maximum absolute atomic E-state index is 3.80. The van der Waals surface area contributed by atoms with Crippen molar-refractivity contribution in [2.45, 2.75) is 69.9 Å². The van der Waals surface area contributed by atoms with Crippen molar-refractivity contribution in [3.05, 3.63) is 0 Å². The van der Waals surface area contributed by atoms with E-state index in [1.165, 1.54) is 70.9 Å². The van der Waals surface area contributed by atoms with Crippen LogP contribution in [0.3, 0.4) is 0 Å². The van der Waals surface area contributed by atoms with Crippen molar-refractivity contribution in [1.29, 1.82) is 0 Å². The number of hydrogen-bond donors (Lipinski definition) is 1. The van der Waals surface area contributed by atoms with E-state index in [1.54, 1.807) is 0 Å². The number of nitrogens with zero attached hydrogens (tertiary/aromatic N) is 1. The Balaban J connectivity index is 1.52. The minimum Gasteiger partial charge on any atom is -0.312 e. The summed E-state index contributed by atoms with van der Waals surface area (Å²) in [6.07, 6.45) is 13.2. The predicted octanol–water partition coefficient (Wildman–Crippen LogP) is 3.03. The number of hydrogen-bond acceptors (Lipinski definition) is 2. The summed E-state index contributed by atoms with van der Waals surface area (Å²) in [5.74, 6) is 2.01. The molecule has 2 saturated carbocycles. The molecule has 0 aromatic carbocycles. The summed E-state index contributed by atoms with van der Waals surface area (Å²) in [7, 11) is 2.37. The van der Waals surface area contributed by atoms with Crippen molar-refractivity contribution in [2.24, 2.45) is 11.8 Å². The average molecular weight is 250 g/mol. The Labute approximate surface area is 113 Å². The van der Waals surface area contributed by atoms with E-state index in [1.807, 2.05) is 0 Å². The highest BCUT2D eigenvalue weighted by atomic mass is 15.2. The van der Waals surface area contributed by atoms with Gasteiger partial charge in [0, 0.05) is 18.6 Å². The van der Waals surface area contributed by atoms with Crippen LogP contribution in [0.4, 0.5) is 0 Å². The fraction of sp³-hybridized carbons (Fsp3) is 1.00. The lowest BCUT2D eigenvalue weighted by atomic mass is 9.93. The molecule has 0 spiro atoms. The summed E-state index contributed by atoms with van der Waals surface area (Å²) in [6, 6.07) is 1.67. The van der Waals surface area contributed by atoms with Gasteiger partial charge in [-0.3, -0.25) is 0 Å². The van der Waals surface area contributed by atoms with E-state index in [2.05, 4.69) is 17.3 Å². The molecule has 0 amide bonds. The van der Waals surface area contributed by atoms with Crippen LogP contribution >= 0.6 is 0 Å². The second-order valence-corrected chi connectivity index (χ2v) is 6.95. The van der Waals surface area contributed by atoms with Crippen molar-refractivity contribution >= 4 is 0 Å². The molecule has 2 heteroatoms. The van der Waals surface area contributed by atoms with Crippen LogP contribution in [-0.2, 0) is 0 Å². The van der Waals surface area contributed by atoms with Crippen LogP contribution in [0.1, 0.15) is 57.8 Å². The molecule has 0 aromatic rings. The maximum Gasteiger partial charge on any atom is 0.0226 e. The third-order valence-corrected chi connectivity index (χ3v) is 5.81.